The first-order valence-corrected chi connectivity index (χ1v) is 15.4. The van der Waals surface area contributed by atoms with Crippen molar-refractivity contribution < 1.29 is 14.6 Å². The number of hydrogen-bond donors (Lipinski definition) is 2. The highest BCUT2D eigenvalue weighted by Gasteiger charge is 2.53. The third kappa shape index (κ3) is 5.54. The molecule has 0 spiro atoms. The first-order valence-electron chi connectivity index (χ1n) is 15.4. The Balaban J connectivity index is 0.969. The van der Waals surface area contributed by atoms with Gasteiger partial charge in [0.1, 0.15) is 18.8 Å². The summed E-state index contributed by atoms with van der Waals surface area (Å²) in [7, 11) is 1.69. The number of aliphatic hydroxyl groups is 1. The third-order valence-electron chi connectivity index (χ3n) is 10.2. The Hall–Kier alpha value is -3.16. The van der Waals surface area contributed by atoms with Crippen LogP contribution in [0.4, 0.5) is 5.82 Å². The Labute approximate surface area is 243 Å². The third-order valence-corrected chi connectivity index (χ3v) is 10.2. The minimum atomic E-state index is -0.309. The number of aromatic nitrogens is 2. The molecule has 5 aliphatic rings. The van der Waals surface area contributed by atoms with Crippen LogP contribution < -0.4 is 14.8 Å². The number of hydrogen-bond acceptors (Lipinski definition) is 7. The molecule has 4 aliphatic carbocycles. The largest absolute Gasteiger partial charge is 0.493 e. The van der Waals surface area contributed by atoms with Crippen LogP contribution in [0.5, 0.6) is 11.5 Å². The van der Waals surface area contributed by atoms with Gasteiger partial charge in [0.2, 0.25) is 0 Å². The number of methoxy groups -OCH3 is 1. The van der Waals surface area contributed by atoms with Crippen molar-refractivity contribution in [3.63, 3.8) is 0 Å². The standard InChI is InChI=1S/C34H42N4O3/c1-40-31-14-24(7-8-30(31)41-21-23-5-3-2-4-6-23)19-38-10-9-28-29(20-38)36-22-37-33(28)35-18-32(39)34-15-25-11-26(16-34)13-27(12-25)17-34/h2-8,14,22,25-27,32,39H,9-13,15-21H2,1H3,(H,35,36,37). The quantitative estimate of drug-likeness (QED) is 0.337. The van der Waals surface area contributed by atoms with Gasteiger partial charge < -0.3 is 19.9 Å². The smallest absolute Gasteiger partial charge is 0.161 e. The van der Waals surface area contributed by atoms with Crippen LogP contribution in [0.15, 0.2) is 54.9 Å². The molecule has 1 atom stereocenters. The maximum Gasteiger partial charge on any atom is 0.161 e. The van der Waals surface area contributed by atoms with Gasteiger partial charge in [-0.1, -0.05) is 36.4 Å². The van der Waals surface area contributed by atoms with E-state index < -0.39 is 0 Å². The van der Waals surface area contributed by atoms with E-state index in [-0.39, 0.29) is 11.5 Å². The van der Waals surface area contributed by atoms with Crippen molar-refractivity contribution >= 4 is 5.82 Å². The second-order valence-corrected chi connectivity index (χ2v) is 13.0. The second-order valence-electron chi connectivity index (χ2n) is 13.0. The van der Waals surface area contributed by atoms with E-state index in [1.54, 1.807) is 13.4 Å². The fourth-order valence-corrected chi connectivity index (χ4v) is 8.61. The molecule has 2 heterocycles. The van der Waals surface area contributed by atoms with Gasteiger partial charge in [-0.15, -0.1) is 0 Å². The lowest BCUT2D eigenvalue weighted by Gasteiger charge is -2.58. The zero-order chi connectivity index (χ0) is 27.8. The Morgan fingerprint density at radius 1 is 0.976 bits per heavy atom. The van der Waals surface area contributed by atoms with Gasteiger partial charge in [-0.2, -0.15) is 0 Å². The first-order chi connectivity index (χ1) is 20.1. The molecule has 216 valence electrons. The van der Waals surface area contributed by atoms with Crippen molar-refractivity contribution in [1.29, 1.82) is 0 Å². The summed E-state index contributed by atoms with van der Waals surface area (Å²) >= 11 is 0. The molecular weight excluding hydrogens is 512 g/mol. The van der Waals surface area contributed by atoms with Crippen LogP contribution in [-0.2, 0) is 26.1 Å². The topological polar surface area (TPSA) is 79.7 Å². The zero-order valence-electron chi connectivity index (χ0n) is 24.1. The fraction of sp³-hybridized carbons (Fsp3) is 0.529. The van der Waals surface area contributed by atoms with Gasteiger partial charge in [0.05, 0.1) is 18.9 Å². The lowest BCUT2D eigenvalue weighted by Crippen LogP contribution is -2.53. The summed E-state index contributed by atoms with van der Waals surface area (Å²) in [6.45, 7) is 3.61. The number of benzene rings is 2. The van der Waals surface area contributed by atoms with E-state index in [0.29, 0.717) is 13.2 Å². The Bertz CT molecular complexity index is 1330. The molecule has 0 saturated heterocycles. The molecule has 1 aliphatic heterocycles. The van der Waals surface area contributed by atoms with Crippen LogP contribution >= 0.6 is 0 Å². The molecule has 0 radical (unpaired) electrons. The lowest BCUT2D eigenvalue weighted by molar-refractivity contribution is -0.115. The monoisotopic (exact) mass is 554 g/mol. The number of nitrogens with one attached hydrogen (secondary N) is 1. The van der Waals surface area contributed by atoms with E-state index in [4.69, 9.17) is 9.47 Å². The number of ether oxygens (including phenoxy) is 2. The number of anilines is 1. The van der Waals surface area contributed by atoms with Gasteiger partial charge in [-0.3, -0.25) is 4.90 Å². The fourth-order valence-electron chi connectivity index (χ4n) is 8.61. The minimum Gasteiger partial charge on any atom is -0.493 e. The molecule has 3 aromatic rings. The van der Waals surface area contributed by atoms with Gasteiger partial charge in [-0.05, 0) is 91.4 Å². The van der Waals surface area contributed by atoms with Crippen LogP contribution in [-0.4, -0.2) is 46.3 Å². The number of nitrogens with zero attached hydrogens (tertiary/aromatic N) is 3. The van der Waals surface area contributed by atoms with Crippen molar-refractivity contribution in [2.24, 2.45) is 23.2 Å². The van der Waals surface area contributed by atoms with Gasteiger partial charge >= 0.3 is 0 Å². The van der Waals surface area contributed by atoms with Gasteiger partial charge in [0, 0.05) is 31.7 Å². The summed E-state index contributed by atoms with van der Waals surface area (Å²) < 4.78 is 11.7. The molecular formula is C34H42N4O3. The molecule has 1 unspecified atom stereocenters. The predicted molar refractivity (Wildman–Crippen MR) is 159 cm³/mol. The minimum absolute atomic E-state index is 0.120. The van der Waals surface area contributed by atoms with Crippen LogP contribution in [0.3, 0.4) is 0 Å². The SMILES string of the molecule is COc1cc(CN2CCc3c(ncnc3NCC(O)C34CC5CC(CC(C5)C3)C4)C2)ccc1OCc1ccccc1. The van der Waals surface area contributed by atoms with Crippen molar-refractivity contribution in [2.45, 2.75) is 70.7 Å². The highest BCUT2D eigenvalue weighted by Crippen LogP contribution is 2.61. The van der Waals surface area contributed by atoms with Crippen molar-refractivity contribution in [3.05, 3.63) is 77.2 Å². The average Bonchev–Trinajstić information content (AvgIpc) is 2.99. The molecule has 7 nitrogen and oxygen atoms in total. The van der Waals surface area contributed by atoms with E-state index >= 15 is 0 Å². The van der Waals surface area contributed by atoms with Gasteiger partial charge in [0.25, 0.3) is 0 Å². The van der Waals surface area contributed by atoms with Crippen LogP contribution in [0.2, 0.25) is 0 Å². The van der Waals surface area contributed by atoms with Crippen molar-refractivity contribution in [1.82, 2.24) is 14.9 Å². The van der Waals surface area contributed by atoms with Crippen molar-refractivity contribution in [3.8, 4) is 11.5 Å². The Morgan fingerprint density at radius 3 is 2.46 bits per heavy atom. The summed E-state index contributed by atoms with van der Waals surface area (Å²) in [6, 6.07) is 16.4. The number of rotatable bonds is 10. The van der Waals surface area contributed by atoms with E-state index in [1.165, 1.54) is 49.7 Å². The van der Waals surface area contributed by atoms with Gasteiger partial charge in [0.15, 0.2) is 11.5 Å². The molecule has 4 saturated carbocycles. The van der Waals surface area contributed by atoms with E-state index in [2.05, 4.69) is 44.5 Å². The molecule has 1 aromatic heterocycles. The van der Waals surface area contributed by atoms with Crippen LogP contribution in [0, 0.1) is 23.2 Å². The second kappa shape index (κ2) is 11.3. The Kier molecular flexibility index (Phi) is 7.34. The number of fused-ring (bicyclic) bond motifs is 1. The predicted octanol–water partition coefficient (Wildman–Crippen LogP) is 5.61. The molecule has 4 fully saturated rings. The molecule has 41 heavy (non-hydrogen) atoms. The number of aliphatic hydroxyl groups excluding tert-OH is 1. The van der Waals surface area contributed by atoms with E-state index in [9.17, 15) is 5.11 Å². The molecule has 8 rings (SSSR count). The highest BCUT2D eigenvalue weighted by molar-refractivity contribution is 5.47. The first kappa shape index (κ1) is 26.7. The summed E-state index contributed by atoms with van der Waals surface area (Å²) in [5, 5.41) is 15.0. The normalized spacial score (nSPS) is 27.3. The highest BCUT2D eigenvalue weighted by atomic mass is 16.5. The van der Waals surface area contributed by atoms with Gasteiger partial charge in [-0.25, -0.2) is 9.97 Å². The molecule has 0 amide bonds. The lowest BCUT2D eigenvalue weighted by atomic mass is 9.48. The zero-order valence-corrected chi connectivity index (χ0v) is 24.1. The van der Waals surface area contributed by atoms with Crippen molar-refractivity contribution in [2.75, 3.05) is 25.5 Å². The summed E-state index contributed by atoms with van der Waals surface area (Å²) in [4.78, 5) is 11.7. The summed E-state index contributed by atoms with van der Waals surface area (Å²) in [5.74, 6) is 4.93. The Morgan fingerprint density at radius 2 is 1.73 bits per heavy atom. The van der Waals surface area contributed by atoms with Crippen LogP contribution in [0.25, 0.3) is 0 Å². The van der Waals surface area contributed by atoms with E-state index in [0.717, 1.165) is 72.4 Å². The maximum atomic E-state index is 11.4. The molecule has 2 aromatic carbocycles. The van der Waals surface area contributed by atoms with Crippen LogP contribution in [0.1, 0.15) is 60.9 Å². The molecule has 2 N–H and O–H groups in total. The molecule has 4 bridgehead atoms. The summed E-state index contributed by atoms with van der Waals surface area (Å²) in [5.41, 5.74) is 4.71. The maximum absolute atomic E-state index is 11.4. The molecule has 7 heteroatoms. The summed E-state index contributed by atoms with van der Waals surface area (Å²) in [6.07, 6.45) is 10.1. The van der Waals surface area contributed by atoms with E-state index in [1.807, 2.05) is 24.3 Å². The average molecular weight is 555 g/mol.